The van der Waals surface area contributed by atoms with E-state index in [4.69, 9.17) is 14.7 Å². The summed E-state index contributed by atoms with van der Waals surface area (Å²) in [5.74, 6) is 1.63. The van der Waals surface area contributed by atoms with E-state index in [1.807, 2.05) is 13.0 Å². The molecule has 0 aliphatic heterocycles. The average molecular weight is 256 g/mol. The summed E-state index contributed by atoms with van der Waals surface area (Å²) < 4.78 is 10.5. The molecule has 2 aromatic rings. The smallest absolute Gasteiger partial charge is 0.293 e. The molecule has 0 saturated heterocycles. The second-order valence-electron chi connectivity index (χ2n) is 4.37. The molecule has 0 radical (unpaired) electrons. The third kappa shape index (κ3) is 1.85. The normalized spacial score (nSPS) is 17.3. The van der Waals surface area contributed by atoms with Gasteiger partial charge in [-0.3, -0.25) is 0 Å². The van der Waals surface area contributed by atoms with Gasteiger partial charge in [-0.2, -0.15) is 4.98 Å². The van der Waals surface area contributed by atoms with E-state index >= 15 is 0 Å². The molecule has 0 amide bonds. The van der Waals surface area contributed by atoms with Crippen molar-refractivity contribution in [3.63, 3.8) is 0 Å². The molecule has 92 valence electrons. The zero-order valence-corrected chi connectivity index (χ0v) is 10.3. The van der Waals surface area contributed by atoms with Gasteiger partial charge in [0.1, 0.15) is 0 Å². The third-order valence-electron chi connectivity index (χ3n) is 3.17. The highest BCUT2D eigenvalue weighted by molar-refractivity contribution is 5.85. The number of furan rings is 1. The minimum atomic E-state index is -0.387. The number of nitrogens with zero attached hydrogens (tertiary/aromatic N) is 2. The first-order valence-corrected chi connectivity index (χ1v) is 5.37. The summed E-state index contributed by atoms with van der Waals surface area (Å²) >= 11 is 0. The van der Waals surface area contributed by atoms with Crippen molar-refractivity contribution in [2.45, 2.75) is 31.7 Å². The van der Waals surface area contributed by atoms with Crippen LogP contribution in [0.2, 0.25) is 0 Å². The first-order valence-electron chi connectivity index (χ1n) is 5.37. The molecule has 0 atom stereocenters. The fraction of sp³-hybridized carbons (Fsp3) is 0.455. The lowest BCUT2D eigenvalue weighted by Crippen LogP contribution is -2.44. The number of hydrogen-bond donors (Lipinski definition) is 1. The first-order chi connectivity index (χ1) is 7.69. The van der Waals surface area contributed by atoms with Crippen molar-refractivity contribution in [2.24, 2.45) is 5.73 Å². The van der Waals surface area contributed by atoms with Crippen LogP contribution in [0.4, 0.5) is 0 Å². The van der Waals surface area contributed by atoms with Gasteiger partial charge in [-0.15, -0.1) is 12.4 Å². The second-order valence-corrected chi connectivity index (χ2v) is 4.37. The zero-order valence-electron chi connectivity index (χ0n) is 9.47. The van der Waals surface area contributed by atoms with Crippen LogP contribution in [0.5, 0.6) is 0 Å². The summed E-state index contributed by atoms with van der Waals surface area (Å²) in [5.41, 5.74) is 6.71. The predicted octanol–water partition coefficient (Wildman–Crippen LogP) is 2.40. The SMILES string of the molecule is Cc1ccoc1-c1nc(C2(N)CCC2)no1.Cl. The molecular weight excluding hydrogens is 242 g/mol. The quantitative estimate of drug-likeness (QED) is 0.891. The molecule has 2 heterocycles. The maximum Gasteiger partial charge on any atom is 0.293 e. The standard InChI is InChI=1S/C11H13N3O2.ClH/c1-7-3-6-15-8(7)9-13-10(14-16-9)11(12)4-2-5-11;/h3,6H,2,4-5,12H2,1H3;1H. The Balaban J connectivity index is 0.00000108. The van der Waals surface area contributed by atoms with Crippen molar-refractivity contribution in [1.29, 1.82) is 0 Å². The number of hydrogen-bond acceptors (Lipinski definition) is 5. The molecule has 6 heteroatoms. The van der Waals surface area contributed by atoms with Gasteiger partial charge in [-0.05, 0) is 32.3 Å². The maximum absolute atomic E-state index is 6.11. The molecule has 3 rings (SSSR count). The van der Waals surface area contributed by atoms with Gasteiger partial charge < -0.3 is 14.7 Å². The second kappa shape index (κ2) is 4.16. The third-order valence-corrected chi connectivity index (χ3v) is 3.17. The van der Waals surface area contributed by atoms with Crippen molar-refractivity contribution in [3.05, 3.63) is 23.7 Å². The van der Waals surface area contributed by atoms with Crippen LogP contribution in [0.1, 0.15) is 30.7 Å². The lowest BCUT2D eigenvalue weighted by molar-refractivity contribution is 0.229. The van der Waals surface area contributed by atoms with E-state index in [1.54, 1.807) is 6.26 Å². The summed E-state index contributed by atoms with van der Waals surface area (Å²) in [7, 11) is 0. The average Bonchev–Trinajstić information content (AvgIpc) is 2.82. The number of aromatic nitrogens is 2. The van der Waals surface area contributed by atoms with Gasteiger partial charge >= 0.3 is 0 Å². The van der Waals surface area contributed by atoms with Gasteiger partial charge in [0.2, 0.25) is 0 Å². The molecule has 0 spiro atoms. The van der Waals surface area contributed by atoms with E-state index in [1.165, 1.54) is 0 Å². The largest absolute Gasteiger partial charge is 0.459 e. The van der Waals surface area contributed by atoms with Gasteiger partial charge in [-0.1, -0.05) is 5.16 Å². The zero-order chi connectivity index (χ0) is 11.2. The van der Waals surface area contributed by atoms with Crippen molar-refractivity contribution < 1.29 is 8.94 Å². The van der Waals surface area contributed by atoms with Gasteiger partial charge in [-0.25, -0.2) is 0 Å². The monoisotopic (exact) mass is 255 g/mol. The van der Waals surface area contributed by atoms with E-state index in [2.05, 4.69) is 10.1 Å². The van der Waals surface area contributed by atoms with Crippen LogP contribution < -0.4 is 5.73 Å². The lowest BCUT2D eigenvalue weighted by atomic mass is 9.77. The van der Waals surface area contributed by atoms with E-state index in [-0.39, 0.29) is 17.9 Å². The van der Waals surface area contributed by atoms with Crippen molar-refractivity contribution >= 4 is 12.4 Å². The van der Waals surface area contributed by atoms with Crippen LogP contribution in [0.25, 0.3) is 11.7 Å². The fourth-order valence-electron chi connectivity index (χ4n) is 1.89. The van der Waals surface area contributed by atoms with Crippen molar-refractivity contribution in [3.8, 4) is 11.7 Å². The van der Waals surface area contributed by atoms with E-state index in [0.29, 0.717) is 17.5 Å². The van der Waals surface area contributed by atoms with Gasteiger partial charge in [0, 0.05) is 5.56 Å². The van der Waals surface area contributed by atoms with E-state index in [9.17, 15) is 0 Å². The highest BCUT2D eigenvalue weighted by atomic mass is 35.5. The van der Waals surface area contributed by atoms with Crippen LogP contribution in [0.15, 0.2) is 21.3 Å². The maximum atomic E-state index is 6.11. The minimum Gasteiger partial charge on any atom is -0.459 e. The molecule has 0 unspecified atom stereocenters. The number of halogens is 1. The van der Waals surface area contributed by atoms with Crippen LogP contribution in [-0.4, -0.2) is 10.1 Å². The molecule has 1 aliphatic carbocycles. The molecule has 2 N–H and O–H groups in total. The predicted molar refractivity (Wildman–Crippen MR) is 63.7 cm³/mol. The molecule has 1 saturated carbocycles. The Labute approximate surface area is 105 Å². The summed E-state index contributed by atoms with van der Waals surface area (Å²) in [5, 5.41) is 3.94. The van der Waals surface area contributed by atoms with Crippen LogP contribution in [-0.2, 0) is 5.54 Å². The molecule has 0 bridgehead atoms. The number of rotatable bonds is 2. The summed E-state index contributed by atoms with van der Waals surface area (Å²) in [6.45, 7) is 1.93. The number of aryl methyl sites for hydroxylation is 1. The van der Waals surface area contributed by atoms with Gasteiger partial charge in [0.15, 0.2) is 11.6 Å². The Morgan fingerprint density at radius 1 is 1.41 bits per heavy atom. The Bertz CT molecular complexity index is 516. The highest BCUT2D eigenvalue weighted by Crippen LogP contribution is 2.37. The minimum absolute atomic E-state index is 0. The molecule has 5 nitrogen and oxygen atoms in total. The Kier molecular flexibility index (Phi) is 2.97. The highest BCUT2D eigenvalue weighted by Gasteiger charge is 2.39. The summed E-state index contributed by atoms with van der Waals surface area (Å²) in [4.78, 5) is 4.31. The summed E-state index contributed by atoms with van der Waals surface area (Å²) in [6.07, 6.45) is 4.57. The van der Waals surface area contributed by atoms with Crippen LogP contribution in [0.3, 0.4) is 0 Å². The molecule has 0 aromatic carbocycles. The molecule has 2 aromatic heterocycles. The van der Waals surface area contributed by atoms with Gasteiger partial charge in [0.25, 0.3) is 5.89 Å². The van der Waals surface area contributed by atoms with Crippen molar-refractivity contribution in [1.82, 2.24) is 10.1 Å². The molecule has 17 heavy (non-hydrogen) atoms. The number of nitrogens with two attached hydrogens (primary N) is 1. The van der Waals surface area contributed by atoms with Gasteiger partial charge in [0.05, 0.1) is 11.8 Å². The lowest BCUT2D eigenvalue weighted by Gasteiger charge is -2.34. The van der Waals surface area contributed by atoms with E-state index < -0.39 is 0 Å². The molecular formula is C11H14ClN3O2. The Morgan fingerprint density at radius 3 is 2.71 bits per heavy atom. The van der Waals surface area contributed by atoms with E-state index in [0.717, 1.165) is 24.8 Å². The Hall–Kier alpha value is -1.33. The molecule has 1 aliphatic rings. The Morgan fingerprint density at radius 2 is 2.18 bits per heavy atom. The molecule has 1 fully saturated rings. The summed E-state index contributed by atoms with van der Waals surface area (Å²) in [6, 6.07) is 1.86. The van der Waals surface area contributed by atoms with Crippen LogP contribution in [0, 0.1) is 6.92 Å². The topological polar surface area (TPSA) is 78.1 Å². The van der Waals surface area contributed by atoms with Crippen LogP contribution >= 0.6 is 12.4 Å². The fourth-order valence-corrected chi connectivity index (χ4v) is 1.89. The first kappa shape index (κ1) is 12.1. The van der Waals surface area contributed by atoms with Crippen molar-refractivity contribution in [2.75, 3.05) is 0 Å².